The maximum atomic E-state index is 12.8. The van der Waals surface area contributed by atoms with E-state index in [1.165, 1.54) is 0 Å². The van der Waals surface area contributed by atoms with Crippen LogP contribution in [0.3, 0.4) is 0 Å². The standard InChI is InChI=1S/C9H5F5N2O5/c10-7(11)5-6(21-9(12,13)14)3(1-4(17)18)2-15-8(5)16(19)20/h2,7H,1H2,(H,17,18). The van der Waals surface area contributed by atoms with Crippen molar-refractivity contribution in [2.45, 2.75) is 19.2 Å². The van der Waals surface area contributed by atoms with E-state index in [1.807, 2.05) is 0 Å². The van der Waals surface area contributed by atoms with Crippen molar-refractivity contribution in [2.75, 3.05) is 0 Å². The number of pyridine rings is 1. The monoisotopic (exact) mass is 316 g/mol. The van der Waals surface area contributed by atoms with Crippen molar-refractivity contribution < 1.29 is 41.5 Å². The number of nitrogens with zero attached hydrogens (tertiary/aromatic N) is 2. The summed E-state index contributed by atoms with van der Waals surface area (Å²) in [6.07, 6.45) is -9.91. The van der Waals surface area contributed by atoms with E-state index in [0.717, 1.165) is 0 Å². The predicted molar refractivity (Wildman–Crippen MR) is 53.9 cm³/mol. The van der Waals surface area contributed by atoms with Crippen LogP contribution in [0.5, 0.6) is 5.75 Å². The number of aromatic nitrogens is 1. The second-order valence-corrected chi connectivity index (χ2v) is 3.53. The second-order valence-electron chi connectivity index (χ2n) is 3.53. The number of hydrogen-bond donors (Lipinski definition) is 1. The van der Waals surface area contributed by atoms with Gasteiger partial charge in [0.2, 0.25) is 0 Å². The number of nitro groups is 1. The lowest BCUT2D eigenvalue weighted by molar-refractivity contribution is -0.391. The number of hydrogen-bond acceptors (Lipinski definition) is 5. The van der Waals surface area contributed by atoms with Gasteiger partial charge in [-0.15, -0.1) is 13.2 Å². The number of ether oxygens (including phenoxy) is 1. The van der Waals surface area contributed by atoms with Crippen LogP contribution in [-0.2, 0) is 11.2 Å². The Bertz CT molecular complexity index is 574. The lowest BCUT2D eigenvalue weighted by Crippen LogP contribution is -2.21. The summed E-state index contributed by atoms with van der Waals surface area (Å²) in [7, 11) is 0. The highest BCUT2D eigenvalue weighted by Crippen LogP contribution is 2.40. The van der Waals surface area contributed by atoms with Gasteiger partial charge in [-0.3, -0.25) is 4.79 Å². The molecule has 0 saturated carbocycles. The maximum absolute atomic E-state index is 12.8. The van der Waals surface area contributed by atoms with Gasteiger partial charge in [-0.05, 0) is 9.91 Å². The molecule has 12 heteroatoms. The van der Waals surface area contributed by atoms with Crippen molar-refractivity contribution in [3.63, 3.8) is 0 Å². The number of alkyl halides is 5. The fraction of sp³-hybridized carbons (Fsp3) is 0.333. The molecule has 0 spiro atoms. The zero-order valence-electron chi connectivity index (χ0n) is 9.73. The zero-order chi connectivity index (χ0) is 16.4. The van der Waals surface area contributed by atoms with Gasteiger partial charge in [0.25, 0.3) is 6.43 Å². The molecule has 0 fully saturated rings. The predicted octanol–water partition coefficient (Wildman–Crippen LogP) is 2.45. The van der Waals surface area contributed by atoms with E-state index < -0.39 is 52.8 Å². The smallest absolute Gasteiger partial charge is 0.481 e. The van der Waals surface area contributed by atoms with E-state index in [1.54, 1.807) is 0 Å². The molecule has 1 aromatic rings. The summed E-state index contributed by atoms with van der Waals surface area (Å²) < 4.78 is 65.6. The van der Waals surface area contributed by atoms with Gasteiger partial charge in [0.1, 0.15) is 6.20 Å². The molecule has 0 amide bonds. The molecule has 1 heterocycles. The molecule has 0 radical (unpaired) electrons. The molecule has 7 nitrogen and oxygen atoms in total. The number of halogens is 5. The van der Waals surface area contributed by atoms with Gasteiger partial charge in [-0.2, -0.15) is 0 Å². The van der Waals surface area contributed by atoms with Crippen LogP contribution >= 0.6 is 0 Å². The molecule has 0 aliphatic carbocycles. The molecule has 1 aromatic heterocycles. The molecule has 0 aliphatic heterocycles. The van der Waals surface area contributed by atoms with E-state index in [9.17, 15) is 36.9 Å². The Morgan fingerprint density at radius 3 is 2.43 bits per heavy atom. The largest absolute Gasteiger partial charge is 0.573 e. The number of carboxylic acid groups (broad SMARTS) is 1. The molecular weight excluding hydrogens is 311 g/mol. The number of rotatable bonds is 5. The van der Waals surface area contributed by atoms with Crippen molar-refractivity contribution in [3.8, 4) is 5.75 Å². The Balaban J connectivity index is 3.57. The molecule has 116 valence electrons. The van der Waals surface area contributed by atoms with Gasteiger partial charge in [0.15, 0.2) is 11.3 Å². The Labute approximate surface area is 112 Å². The molecule has 0 atom stereocenters. The normalized spacial score (nSPS) is 11.5. The molecule has 0 saturated heterocycles. The third-order valence-electron chi connectivity index (χ3n) is 2.07. The minimum absolute atomic E-state index is 0.374. The van der Waals surface area contributed by atoms with Gasteiger partial charge in [0, 0.05) is 0 Å². The maximum Gasteiger partial charge on any atom is 0.573 e. The van der Waals surface area contributed by atoms with Gasteiger partial charge in [-0.1, -0.05) is 0 Å². The summed E-state index contributed by atoms with van der Waals surface area (Å²) in [6.45, 7) is 0. The van der Waals surface area contributed by atoms with Crippen molar-refractivity contribution in [1.82, 2.24) is 4.98 Å². The summed E-state index contributed by atoms with van der Waals surface area (Å²) in [6, 6.07) is 0. The first kappa shape index (κ1) is 16.5. The summed E-state index contributed by atoms with van der Waals surface area (Å²) in [5.41, 5.74) is -2.59. The minimum Gasteiger partial charge on any atom is -0.481 e. The number of carbonyl (C=O) groups is 1. The van der Waals surface area contributed by atoms with Crippen molar-refractivity contribution in [2.24, 2.45) is 0 Å². The summed E-state index contributed by atoms with van der Waals surface area (Å²) in [4.78, 5) is 22.6. The zero-order valence-corrected chi connectivity index (χ0v) is 9.73. The second kappa shape index (κ2) is 5.85. The van der Waals surface area contributed by atoms with Crippen LogP contribution < -0.4 is 4.74 Å². The third-order valence-corrected chi connectivity index (χ3v) is 2.07. The van der Waals surface area contributed by atoms with Crippen LogP contribution in [-0.4, -0.2) is 27.3 Å². The van der Waals surface area contributed by atoms with E-state index >= 15 is 0 Å². The number of carboxylic acids is 1. The fourth-order valence-corrected chi connectivity index (χ4v) is 1.41. The highest BCUT2D eigenvalue weighted by molar-refractivity contribution is 5.72. The van der Waals surface area contributed by atoms with Crippen molar-refractivity contribution in [3.05, 3.63) is 27.4 Å². The van der Waals surface area contributed by atoms with Crippen molar-refractivity contribution in [1.29, 1.82) is 0 Å². The van der Waals surface area contributed by atoms with Gasteiger partial charge >= 0.3 is 18.1 Å². The summed E-state index contributed by atoms with van der Waals surface area (Å²) in [5.74, 6) is -4.82. The van der Waals surface area contributed by atoms with Crippen LogP contribution in [0.2, 0.25) is 0 Å². The molecule has 21 heavy (non-hydrogen) atoms. The minimum atomic E-state index is -5.44. The third kappa shape index (κ3) is 4.22. The number of aliphatic carboxylic acids is 1. The first-order valence-corrected chi connectivity index (χ1v) is 4.94. The SMILES string of the molecule is O=C(O)Cc1cnc([N+](=O)[O-])c(C(F)F)c1OC(F)(F)F. The van der Waals surface area contributed by atoms with Gasteiger partial charge in [-0.25, -0.2) is 8.78 Å². The van der Waals surface area contributed by atoms with Crippen LogP contribution in [0.15, 0.2) is 6.20 Å². The molecule has 0 bridgehead atoms. The molecule has 1 rings (SSSR count). The summed E-state index contributed by atoms with van der Waals surface area (Å²) >= 11 is 0. The topological polar surface area (TPSA) is 103 Å². The van der Waals surface area contributed by atoms with Gasteiger partial charge < -0.3 is 20.0 Å². The van der Waals surface area contributed by atoms with Crippen LogP contribution in [0.25, 0.3) is 0 Å². The van der Waals surface area contributed by atoms with Crippen LogP contribution in [0.1, 0.15) is 17.6 Å². The van der Waals surface area contributed by atoms with Crippen molar-refractivity contribution >= 4 is 11.8 Å². The van der Waals surface area contributed by atoms with E-state index in [4.69, 9.17) is 5.11 Å². The van der Waals surface area contributed by atoms with E-state index in [2.05, 4.69) is 9.72 Å². The molecule has 0 aliphatic rings. The average Bonchev–Trinajstić information content (AvgIpc) is 2.27. The lowest BCUT2D eigenvalue weighted by Gasteiger charge is -2.15. The fourth-order valence-electron chi connectivity index (χ4n) is 1.41. The highest BCUT2D eigenvalue weighted by Gasteiger charge is 2.39. The average molecular weight is 316 g/mol. The molecule has 0 unspecified atom stereocenters. The van der Waals surface area contributed by atoms with Crippen LogP contribution in [0.4, 0.5) is 27.8 Å². The Hall–Kier alpha value is -2.53. The van der Waals surface area contributed by atoms with E-state index in [-0.39, 0.29) is 0 Å². The summed E-state index contributed by atoms with van der Waals surface area (Å²) in [5, 5.41) is 19.0. The molecule has 0 aromatic carbocycles. The highest BCUT2D eigenvalue weighted by atomic mass is 19.4. The molecular formula is C9H5F5N2O5. The quantitative estimate of drug-likeness (QED) is 0.508. The first-order chi connectivity index (χ1) is 9.53. The van der Waals surface area contributed by atoms with Gasteiger partial charge in [0.05, 0.1) is 12.0 Å². The molecule has 1 N–H and O–H groups in total. The first-order valence-electron chi connectivity index (χ1n) is 4.94. The van der Waals surface area contributed by atoms with E-state index in [0.29, 0.717) is 6.20 Å². The Morgan fingerprint density at radius 1 is 1.48 bits per heavy atom. The Kier molecular flexibility index (Phi) is 4.60. The lowest BCUT2D eigenvalue weighted by atomic mass is 10.1. The van der Waals surface area contributed by atoms with Crippen LogP contribution in [0, 0.1) is 10.1 Å². The Morgan fingerprint density at radius 2 is 2.05 bits per heavy atom.